The lowest BCUT2D eigenvalue weighted by molar-refractivity contribution is -0.645. The van der Waals surface area contributed by atoms with E-state index in [1.807, 2.05) is 0 Å². The summed E-state index contributed by atoms with van der Waals surface area (Å²) in [5, 5.41) is 2.43. The van der Waals surface area contributed by atoms with Gasteiger partial charge in [0.1, 0.15) is 18.0 Å². The first kappa shape index (κ1) is 19.7. The molecule has 0 saturated heterocycles. The molecule has 3 aromatic carbocycles. The highest BCUT2D eigenvalue weighted by atomic mass is 16.5. The van der Waals surface area contributed by atoms with Gasteiger partial charge in [0, 0.05) is 36.2 Å². The van der Waals surface area contributed by atoms with Crippen LogP contribution in [-0.4, -0.2) is 20.8 Å². The summed E-state index contributed by atoms with van der Waals surface area (Å²) in [5.41, 5.74) is 7.27. The van der Waals surface area contributed by atoms with Gasteiger partial charge >= 0.3 is 0 Å². The average Bonchev–Trinajstić information content (AvgIpc) is 2.81. The molecule has 0 spiro atoms. The monoisotopic (exact) mass is 413 g/mol. The van der Waals surface area contributed by atoms with Crippen molar-refractivity contribution in [3.8, 4) is 22.6 Å². The first-order valence-corrected chi connectivity index (χ1v) is 11.1. The molecule has 0 saturated carbocycles. The molecule has 0 N–H and O–H groups in total. The fourth-order valence-corrected chi connectivity index (χ4v) is 5.13. The smallest absolute Gasteiger partial charge is 0.217 e. The van der Waals surface area contributed by atoms with Crippen molar-refractivity contribution in [3.63, 3.8) is 0 Å². The first-order chi connectivity index (χ1) is 15.2. The fourth-order valence-electron chi connectivity index (χ4n) is 5.13. The van der Waals surface area contributed by atoms with Gasteiger partial charge in [-0.25, -0.2) is 0 Å². The SMILES string of the molecule is CCCN1c2cccc(OC)c2-c2c3c(OC)cccc3[n+](CCC)c3cccc1c23. The molecule has 0 unspecified atom stereocenters. The molecule has 0 aliphatic carbocycles. The average molecular weight is 414 g/mol. The molecule has 0 fully saturated rings. The Balaban J connectivity index is 2.08. The van der Waals surface area contributed by atoms with Gasteiger partial charge in [-0.1, -0.05) is 32.0 Å². The number of hydrogen-bond donors (Lipinski definition) is 0. The standard InChI is InChI=1S/C27H29N2O2/c1-5-16-28-18-10-7-11-19-24(18)27(25-20(28)12-8-14-22(25)30-3)26-21(29(19)17-6-2)13-9-15-23(26)31-4/h7-15H,5-6,16-17H2,1-4H3/q+1. The van der Waals surface area contributed by atoms with Gasteiger partial charge in [0.2, 0.25) is 11.0 Å². The van der Waals surface area contributed by atoms with E-state index in [-0.39, 0.29) is 0 Å². The Kier molecular flexibility index (Phi) is 4.93. The Morgan fingerprint density at radius 1 is 0.710 bits per heavy atom. The Labute approximate surface area is 183 Å². The van der Waals surface area contributed by atoms with Crippen LogP contribution in [0.25, 0.3) is 32.9 Å². The molecule has 31 heavy (non-hydrogen) atoms. The van der Waals surface area contributed by atoms with Gasteiger partial charge in [0.05, 0.1) is 36.4 Å². The zero-order chi connectivity index (χ0) is 21.5. The van der Waals surface area contributed by atoms with E-state index in [4.69, 9.17) is 9.47 Å². The lowest BCUT2D eigenvalue weighted by atomic mass is 9.88. The minimum Gasteiger partial charge on any atom is -0.496 e. The lowest BCUT2D eigenvalue weighted by Crippen LogP contribution is -2.36. The van der Waals surface area contributed by atoms with E-state index in [0.29, 0.717) is 0 Å². The second-order valence-corrected chi connectivity index (χ2v) is 8.06. The van der Waals surface area contributed by atoms with E-state index < -0.39 is 0 Å². The van der Waals surface area contributed by atoms with E-state index in [1.54, 1.807) is 14.2 Å². The molecule has 158 valence electrons. The Bertz CT molecular complexity index is 1300. The fraction of sp³-hybridized carbons (Fsp3) is 0.296. The number of pyridine rings is 1. The minimum atomic E-state index is 0.898. The molecule has 0 amide bonds. The van der Waals surface area contributed by atoms with Crippen LogP contribution in [0.3, 0.4) is 0 Å². The maximum atomic E-state index is 5.91. The summed E-state index contributed by atoms with van der Waals surface area (Å²) in [6.07, 6.45) is 2.13. The van der Waals surface area contributed by atoms with Gasteiger partial charge in [0.15, 0.2) is 0 Å². The summed E-state index contributed by atoms with van der Waals surface area (Å²) >= 11 is 0. The van der Waals surface area contributed by atoms with E-state index >= 15 is 0 Å². The Morgan fingerprint density at radius 2 is 1.35 bits per heavy atom. The van der Waals surface area contributed by atoms with Gasteiger partial charge in [-0.3, -0.25) is 0 Å². The van der Waals surface area contributed by atoms with Gasteiger partial charge in [-0.2, -0.15) is 4.57 Å². The number of benzene rings is 3. The highest BCUT2D eigenvalue weighted by Gasteiger charge is 2.34. The summed E-state index contributed by atoms with van der Waals surface area (Å²) in [5.74, 6) is 1.80. The number of aryl methyl sites for hydroxylation is 1. The van der Waals surface area contributed by atoms with Crippen molar-refractivity contribution in [1.82, 2.24) is 0 Å². The van der Waals surface area contributed by atoms with Crippen LogP contribution in [0.1, 0.15) is 26.7 Å². The number of anilines is 2. The third kappa shape index (κ3) is 2.78. The molecule has 4 heteroatoms. The summed E-state index contributed by atoms with van der Waals surface area (Å²) in [7, 11) is 3.52. The van der Waals surface area contributed by atoms with Crippen LogP contribution in [0.4, 0.5) is 11.4 Å². The van der Waals surface area contributed by atoms with Crippen molar-refractivity contribution in [2.75, 3.05) is 25.7 Å². The molecular formula is C27H29N2O2+. The topological polar surface area (TPSA) is 25.6 Å². The van der Waals surface area contributed by atoms with Crippen molar-refractivity contribution in [1.29, 1.82) is 0 Å². The highest BCUT2D eigenvalue weighted by molar-refractivity contribution is 6.20. The Morgan fingerprint density at radius 3 is 2.06 bits per heavy atom. The molecule has 1 aromatic heterocycles. The predicted molar refractivity (Wildman–Crippen MR) is 128 cm³/mol. The second kappa shape index (κ2) is 7.77. The van der Waals surface area contributed by atoms with E-state index in [1.165, 1.54) is 33.4 Å². The third-order valence-electron chi connectivity index (χ3n) is 6.28. The zero-order valence-corrected chi connectivity index (χ0v) is 18.7. The molecule has 2 heterocycles. The number of nitrogens with zero attached hydrogens (tertiary/aromatic N) is 2. The van der Waals surface area contributed by atoms with Gasteiger partial charge in [-0.15, -0.1) is 0 Å². The zero-order valence-electron chi connectivity index (χ0n) is 18.7. The van der Waals surface area contributed by atoms with Crippen molar-refractivity contribution >= 4 is 33.2 Å². The number of ether oxygens (including phenoxy) is 2. The summed E-state index contributed by atoms with van der Waals surface area (Å²) < 4.78 is 14.3. The maximum Gasteiger partial charge on any atom is 0.217 e. The molecule has 4 aromatic rings. The summed E-state index contributed by atoms with van der Waals surface area (Å²) in [6, 6.07) is 19.4. The van der Waals surface area contributed by atoms with E-state index in [0.717, 1.165) is 48.4 Å². The van der Waals surface area contributed by atoms with E-state index in [2.05, 4.69) is 77.9 Å². The number of hydrogen-bond acceptors (Lipinski definition) is 3. The number of methoxy groups -OCH3 is 2. The van der Waals surface area contributed by atoms with Crippen LogP contribution < -0.4 is 18.9 Å². The van der Waals surface area contributed by atoms with Crippen LogP contribution in [0.2, 0.25) is 0 Å². The third-order valence-corrected chi connectivity index (χ3v) is 6.28. The molecule has 5 rings (SSSR count). The summed E-state index contributed by atoms with van der Waals surface area (Å²) in [6.45, 7) is 6.37. The quantitative estimate of drug-likeness (QED) is 0.276. The lowest BCUT2D eigenvalue weighted by Gasteiger charge is -2.34. The van der Waals surface area contributed by atoms with Gasteiger partial charge in [0.25, 0.3) is 0 Å². The number of rotatable bonds is 6. The Hall–Kier alpha value is -3.27. The van der Waals surface area contributed by atoms with Crippen molar-refractivity contribution < 1.29 is 14.0 Å². The van der Waals surface area contributed by atoms with Crippen LogP contribution >= 0.6 is 0 Å². The molecular weight excluding hydrogens is 384 g/mol. The van der Waals surface area contributed by atoms with Crippen molar-refractivity contribution in [2.24, 2.45) is 0 Å². The first-order valence-electron chi connectivity index (χ1n) is 11.1. The van der Waals surface area contributed by atoms with Crippen LogP contribution in [0.15, 0.2) is 54.6 Å². The van der Waals surface area contributed by atoms with Crippen LogP contribution in [-0.2, 0) is 6.54 Å². The second-order valence-electron chi connectivity index (χ2n) is 8.06. The minimum absolute atomic E-state index is 0.898. The largest absolute Gasteiger partial charge is 0.496 e. The maximum absolute atomic E-state index is 5.91. The summed E-state index contributed by atoms with van der Waals surface area (Å²) in [4.78, 5) is 2.45. The molecule has 1 aliphatic rings. The van der Waals surface area contributed by atoms with E-state index in [9.17, 15) is 0 Å². The highest BCUT2D eigenvalue weighted by Crippen LogP contribution is 2.54. The molecule has 0 atom stereocenters. The van der Waals surface area contributed by atoms with Crippen LogP contribution in [0, 0.1) is 0 Å². The van der Waals surface area contributed by atoms with Crippen molar-refractivity contribution in [2.45, 2.75) is 33.2 Å². The number of fused-ring (bicyclic) bond motifs is 4. The number of aromatic nitrogens is 1. The molecule has 1 aliphatic heterocycles. The predicted octanol–water partition coefficient (Wildman–Crippen LogP) is 6.24. The van der Waals surface area contributed by atoms with Crippen molar-refractivity contribution in [3.05, 3.63) is 54.6 Å². The normalized spacial score (nSPS) is 12.3. The molecule has 0 radical (unpaired) electrons. The van der Waals surface area contributed by atoms with Crippen LogP contribution in [0.5, 0.6) is 11.5 Å². The molecule has 4 nitrogen and oxygen atoms in total. The van der Waals surface area contributed by atoms with Gasteiger partial charge in [-0.05, 0) is 30.7 Å². The molecule has 0 bridgehead atoms. The van der Waals surface area contributed by atoms with Gasteiger partial charge < -0.3 is 14.4 Å².